The third-order valence-corrected chi connectivity index (χ3v) is 8.35. The molecule has 156 valence electrons. The minimum absolute atomic E-state index is 0.0626. The number of para-hydroxylation sites is 1. The van der Waals surface area contributed by atoms with Crippen molar-refractivity contribution in [2.45, 2.75) is 40.0 Å². The molecule has 0 unspecified atom stereocenters. The van der Waals surface area contributed by atoms with Gasteiger partial charge in [-0.15, -0.1) is 22.7 Å². The molecule has 1 atom stereocenters. The summed E-state index contributed by atoms with van der Waals surface area (Å²) in [6.45, 7) is 6.94. The van der Waals surface area contributed by atoms with Gasteiger partial charge in [0.05, 0.1) is 9.35 Å². The molecule has 2 aromatic heterocycles. The van der Waals surface area contributed by atoms with Crippen LogP contribution < -0.4 is 5.32 Å². The average molecular weight is 502 g/mol. The van der Waals surface area contributed by atoms with E-state index in [4.69, 9.17) is 4.99 Å². The van der Waals surface area contributed by atoms with Gasteiger partial charge in [0, 0.05) is 21.7 Å². The summed E-state index contributed by atoms with van der Waals surface area (Å²) in [6, 6.07) is 13.7. The molecular weight excluding hydrogens is 476 g/mol. The van der Waals surface area contributed by atoms with E-state index in [1.165, 1.54) is 10.4 Å². The molecule has 0 saturated heterocycles. The zero-order valence-corrected chi connectivity index (χ0v) is 20.6. The molecule has 0 bridgehead atoms. The maximum atomic E-state index is 13.3. The van der Waals surface area contributed by atoms with E-state index in [0.717, 1.165) is 44.2 Å². The summed E-state index contributed by atoms with van der Waals surface area (Å²) >= 11 is 6.81. The van der Waals surface area contributed by atoms with Crippen molar-refractivity contribution >= 4 is 61.4 Å². The van der Waals surface area contributed by atoms with Crippen LogP contribution in [0.4, 0.5) is 10.7 Å². The van der Waals surface area contributed by atoms with Crippen molar-refractivity contribution in [1.82, 2.24) is 0 Å². The zero-order valence-electron chi connectivity index (χ0n) is 17.4. The minimum Gasteiger partial charge on any atom is -0.322 e. The number of benzene rings is 1. The van der Waals surface area contributed by atoms with E-state index in [2.05, 4.69) is 42.0 Å². The van der Waals surface area contributed by atoms with Crippen molar-refractivity contribution in [2.24, 2.45) is 16.3 Å². The van der Waals surface area contributed by atoms with Crippen molar-refractivity contribution in [2.75, 3.05) is 5.32 Å². The molecule has 3 nitrogen and oxygen atoms in total. The number of anilines is 1. The molecule has 1 aliphatic rings. The van der Waals surface area contributed by atoms with Gasteiger partial charge in [-0.05, 0) is 76.4 Å². The van der Waals surface area contributed by atoms with E-state index in [1.807, 2.05) is 48.7 Å². The van der Waals surface area contributed by atoms with E-state index in [1.54, 1.807) is 22.7 Å². The fourth-order valence-electron chi connectivity index (χ4n) is 3.87. The Morgan fingerprint density at radius 3 is 2.60 bits per heavy atom. The number of rotatable bonds is 4. The minimum atomic E-state index is -0.0626. The van der Waals surface area contributed by atoms with Gasteiger partial charge in [0.1, 0.15) is 5.00 Å². The van der Waals surface area contributed by atoms with Crippen LogP contribution in [0.3, 0.4) is 0 Å². The van der Waals surface area contributed by atoms with Gasteiger partial charge in [-0.2, -0.15) is 0 Å². The molecule has 1 aliphatic carbocycles. The van der Waals surface area contributed by atoms with Gasteiger partial charge in [0.25, 0.3) is 5.91 Å². The van der Waals surface area contributed by atoms with E-state index >= 15 is 0 Å². The van der Waals surface area contributed by atoms with Crippen molar-refractivity contribution in [3.05, 3.63) is 67.1 Å². The second-order valence-corrected chi connectivity index (χ2v) is 12.3. The van der Waals surface area contributed by atoms with Crippen LogP contribution in [0, 0.1) is 11.3 Å². The lowest BCUT2D eigenvalue weighted by Gasteiger charge is -2.33. The molecule has 0 spiro atoms. The average Bonchev–Trinajstić information content (AvgIpc) is 3.28. The van der Waals surface area contributed by atoms with Gasteiger partial charge in [0.15, 0.2) is 0 Å². The number of carbonyl (C=O) groups excluding carboxylic acids is 1. The Bertz CT molecular complexity index is 1080. The number of nitrogens with one attached hydrogen (secondary N) is 1. The van der Waals surface area contributed by atoms with Crippen LogP contribution in [0.5, 0.6) is 0 Å². The third-order valence-electron chi connectivity index (χ3n) is 5.63. The summed E-state index contributed by atoms with van der Waals surface area (Å²) in [7, 11) is 0. The molecule has 4 rings (SSSR count). The van der Waals surface area contributed by atoms with E-state index < -0.39 is 0 Å². The summed E-state index contributed by atoms with van der Waals surface area (Å²) in [5.41, 5.74) is 3.01. The number of carbonyl (C=O) groups is 1. The molecule has 1 N–H and O–H groups in total. The Morgan fingerprint density at radius 1 is 1.17 bits per heavy atom. The van der Waals surface area contributed by atoms with E-state index in [-0.39, 0.29) is 11.3 Å². The maximum Gasteiger partial charge on any atom is 0.259 e. The number of amides is 1. The highest BCUT2D eigenvalue weighted by atomic mass is 79.9. The Labute approximate surface area is 194 Å². The van der Waals surface area contributed by atoms with Crippen molar-refractivity contribution in [3.63, 3.8) is 0 Å². The molecule has 0 aliphatic heterocycles. The Balaban J connectivity index is 1.70. The highest BCUT2D eigenvalue weighted by Crippen LogP contribution is 2.45. The summed E-state index contributed by atoms with van der Waals surface area (Å²) < 4.78 is 1.07. The van der Waals surface area contributed by atoms with Crippen LogP contribution in [-0.2, 0) is 12.8 Å². The predicted molar refractivity (Wildman–Crippen MR) is 133 cm³/mol. The van der Waals surface area contributed by atoms with Crippen molar-refractivity contribution in [1.29, 1.82) is 0 Å². The first kappa shape index (κ1) is 21.5. The second kappa shape index (κ2) is 8.77. The van der Waals surface area contributed by atoms with Gasteiger partial charge < -0.3 is 5.32 Å². The number of nitrogens with zero attached hydrogens (tertiary/aromatic N) is 1. The third kappa shape index (κ3) is 4.76. The van der Waals surface area contributed by atoms with Crippen LogP contribution in [0.1, 0.15) is 52.9 Å². The molecule has 6 heteroatoms. The number of hydrogen-bond donors (Lipinski definition) is 1. The van der Waals surface area contributed by atoms with Crippen LogP contribution in [-0.4, -0.2) is 12.1 Å². The largest absolute Gasteiger partial charge is 0.322 e. The standard InChI is InChI=1S/C24H25BrN2OS2/c1-24(2,3)15-9-11-18-19(13-15)30-23(26-14-17-10-12-20(25)29-17)21(18)22(28)27-16-7-5-4-6-8-16/h4-8,10,12,14-15H,9,11,13H2,1-3H3,(H,27,28)/t15-/m0/s1. The van der Waals surface area contributed by atoms with Gasteiger partial charge >= 0.3 is 0 Å². The highest BCUT2D eigenvalue weighted by Gasteiger charge is 2.33. The summed E-state index contributed by atoms with van der Waals surface area (Å²) in [5.74, 6) is 0.561. The molecule has 3 aromatic rings. The number of hydrogen-bond acceptors (Lipinski definition) is 4. The first-order valence-corrected chi connectivity index (χ1v) is 12.5. The van der Waals surface area contributed by atoms with Crippen LogP contribution in [0.2, 0.25) is 0 Å². The molecule has 0 radical (unpaired) electrons. The molecular formula is C24H25BrN2OS2. The molecule has 1 aromatic carbocycles. The zero-order chi connectivity index (χ0) is 21.3. The van der Waals surface area contributed by atoms with Gasteiger partial charge in [-0.25, -0.2) is 4.99 Å². The molecule has 2 heterocycles. The van der Waals surface area contributed by atoms with E-state index in [0.29, 0.717) is 5.92 Å². The van der Waals surface area contributed by atoms with E-state index in [9.17, 15) is 4.79 Å². The predicted octanol–water partition coefficient (Wildman–Crippen LogP) is 7.73. The number of thiophene rings is 2. The smallest absolute Gasteiger partial charge is 0.259 e. The molecule has 30 heavy (non-hydrogen) atoms. The van der Waals surface area contributed by atoms with Crippen LogP contribution in [0.15, 0.2) is 51.2 Å². The Hall–Kier alpha value is -1.76. The molecule has 1 amide bonds. The second-order valence-electron chi connectivity index (χ2n) is 8.71. The number of aliphatic imine (C=N–C) groups is 1. The fourth-order valence-corrected chi connectivity index (χ4v) is 6.44. The van der Waals surface area contributed by atoms with Gasteiger partial charge in [0.2, 0.25) is 0 Å². The van der Waals surface area contributed by atoms with Gasteiger partial charge in [-0.3, -0.25) is 4.79 Å². The Morgan fingerprint density at radius 2 is 1.93 bits per heavy atom. The lowest BCUT2D eigenvalue weighted by Crippen LogP contribution is -2.27. The molecule has 0 saturated carbocycles. The lowest BCUT2D eigenvalue weighted by atomic mass is 9.72. The van der Waals surface area contributed by atoms with Crippen molar-refractivity contribution in [3.8, 4) is 0 Å². The Kier molecular flexibility index (Phi) is 6.28. The highest BCUT2D eigenvalue weighted by molar-refractivity contribution is 9.11. The summed E-state index contributed by atoms with van der Waals surface area (Å²) in [5, 5.41) is 3.88. The monoisotopic (exact) mass is 500 g/mol. The van der Waals surface area contributed by atoms with Crippen LogP contribution in [0.25, 0.3) is 0 Å². The fraction of sp³-hybridized carbons (Fsp3) is 0.333. The van der Waals surface area contributed by atoms with Crippen molar-refractivity contribution < 1.29 is 4.79 Å². The number of fused-ring (bicyclic) bond motifs is 1. The quantitative estimate of drug-likeness (QED) is 0.365. The molecule has 0 fully saturated rings. The normalized spacial score (nSPS) is 16.6. The first-order chi connectivity index (χ1) is 14.3. The number of halogens is 1. The topological polar surface area (TPSA) is 41.5 Å². The summed E-state index contributed by atoms with van der Waals surface area (Å²) in [6.07, 6.45) is 4.94. The maximum absolute atomic E-state index is 13.3. The SMILES string of the molecule is CC(C)(C)[C@H]1CCc2c(sc(N=Cc3ccc(Br)s3)c2C(=O)Nc2ccccc2)C1. The first-order valence-electron chi connectivity index (χ1n) is 10.1. The van der Waals surface area contributed by atoms with Crippen LogP contribution >= 0.6 is 38.6 Å². The summed E-state index contributed by atoms with van der Waals surface area (Å²) in [4.78, 5) is 20.4. The van der Waals surface area contributed by atoms with Gasteiger partial charge in [-0.1, -0.05) is 39.0 Å². The lowest BCUT2D eigenvalue weighted by molar-refractivity contribution is 0.102.